The van der Waals surface area contributed by atoms with Gasteiger partial charge in [0.1, 0.15) is 23.3 Å². The molecule has 2 aromatic rings. The molecule has 4 nitrogen and oxygen atoms in total. The predicted molar refractivity (Wildman–Crippen MR) is 84.6 cm³/mol. The van der Waals surface area contributed by atoms with Gasteiger partial charge in [-0.1, -0.05) is 13.0 Å². The second kappa shape index (κ2) is 7.02. The van der Waals surface area contributed by atoms with Gasteiger partial charge in [0.15, 0.2) is 0 Å². The molecule has 2 N–H and O–H groups in total. The van der Waals surface area contributed by atoms with E-state index in [1.165, 1.54) is 6.07 Å². The van der Waals surface area contributed by atoms with E-state index < -0.39 is 0 Å². The van der Waals surface area contributed by atoms with Crippen LogP contribution in [0.25, 0.3) is 0 Å². The molecule has 0 aliphatic heterocycles. The minimum atomic E-state index is -0.227. The van der Waals surface area contributed by atoms with Gasteiger partial charge in [0.25, 0.3) is 0 Å². The molecule has 0 amide bonds. The molecule has 0 aliphatic rings. The van der Waals surface area contributed by atoms with Gasteiger partial charge in [-0.2, -0.15) is 0 Å². The molecule has 1 heterocycles. The maximum absolute atomic E-state index is 13.6. The van der Waals surface area contributed by atoms with Crippen LogP contribution in [0.3, 0.4) is 0 Å². The van der Waals surface area contributed by atoms with Crippen LogP contribution >= 0.6 is 0 Å². The Balaban J connectivity index is 2.31. The van der Waals surface area contributed by atoms with E-state index in [-0.39, 0.29) is 5.82 Å². The SMILES string of the molecule is CCCc1nc(NCC)cc(Nc2cccc(F)c2C)n1. The molecule has 0 unspecified atom stereocenters. The molecule has 2 rings (SSSR count). The molecule has 0 spiro atoms. The highest BCUT2D eigenvalue weighted by atomic mass is 19.1. The van der Waals surface area contributed by atoms with Crippen molar-refractivity contribution in [1.29, 1.82) is 0 Å². The second-order valence-corrected chi connectivity index (χ2v) is 4.87. The van der Waals surface area contributed by atoms with Crippen LogP contribution in [-0.4, -0.2) is 16.5 Å². The second-order valence-electron chi connectivity index (χ2n) is 4.87. The summed E-state index contributed by atoms with van der Waals surface area (Å²) in [4.78, 5) is 8.94. The number of halogens is 1. The van der Waals surface area contributed by atoms with Crippen LogP contribution in [0.5, 0.6) is 0 Å². The van der Waals surface area contributed by atoms with Crippen LogP contribution in [0.4, 0.5) is 21.7 Å². The quantitative estimate of drug-likeness (QED) is 0.842. The molecule has 0 saturated carbocycles. The number of rotatable bonds is 6. The number of hydrogen-bond acceptors (Lipinski definition) is 4. The Morgan fingerprint density at radius 2 is 1.90 bits per heavy atom. The predicted octanol–water partition coefficient (Wildman–Crippen LogP) is 4.05. The van der Waals surface area contributed by atoms with Crippen molar-refractivity contribution in [1.82, 2.24) is 9.97 Å². The molecule has 0 radical (unpaired) electrons. The van der Waals surface area contributed by atoms with Crippen molar-refractivity contribution in [2.75, 3.05) is 17.2 Å². The number of aryl methyl sites for hydroxylation is 1. The van der Waals surface area contributed by atoms with Gasteiger partial charge in [0, 0.05) is 30.3 Å². The lowest BCUT2D eigenvalue weighted by molar-refractivity contribution is 0.619. The molecular formula is C16H21FN4. The van der Waals surface area contributed by atoms with Crippen molar-refractivity contribution in [3.63, 3.8) is 0 Å². The highest BCUT2D eigenvalue weighted by molar-refractivity contribution is 5.62. The van der Waals surface area contributed by atoms with E-state index in [9.17, 15) is 4.39 Å². The van der Waals surface area contributed by atoms with Gasteiger partial charge in [-0.05, 0) is 32.4 Å². The van der Waals surface area contributed by atoms with Crippen LogP contribution in [0, 0.1) is 12.7 Å². The van der Waals surface area contributed by atoms with Crippen LogP contribution in [0.2, 0.25) is 0 Å². The topological polar surface area (TPSA) is 49.8 Å². The standard InChI is InChI=1S/C16H21FN4/c1-4-7-14-20-15(18-5-2)10-16(21-14)19-13-9-6-8-12(17)11(13)3/h6,8-10H,4-5,7H2,1-3H3,(H2,18,19,20,21). The first-order valence-electron chi connectivity index (χ1n) is 7.28. The molecule has 1 aromatic heterocycles. The van der Waals surface area contributed by atoms with E-state index in [1.54, 1.807) is 13.0 Å². The molecular weight excluding hydrogens is 267 g/mol. The van der Waals surface area contributed by atoms with Crippen molar-refractivity contribution >= 4 is 17.3 Å². The Morgan fingerprint density at radius 3 is 2.62 bits per heavy atom. The molecule has 0 aliphatic carbocycles. The molecule has 5 heteroatoms. The summed E-state index contributed by atoms with van der Waals surface area (Å²) < 4.78 is 13.6. The maximum atomic E-state index is 13.6. The Kier molecular flexibility index (Phi) is 5.09. The highest BCUT2D eigenvalue weighted by Gasteiger charge is 2.07. The van der Waals surface area contributed by atoms with E-state index in [0.29, 0.717) is 11.4 Å². The van der Waals surface area contributed by atoms with Gasteiger partial charge in [0.05, 0.1) is 0 Å². The first-order chi connectivity index (χ1) is 10.1. The van der Waals surface area contributed by atoms with Crippen LogP contribution in [-0.2, 0) is 6.42 Å². The summed E-state index contributed by atoms with van der Waals surface area (Å²) in [5.74, 6) is 2.02. The first kappa shape index (κ1) is 15.2. The maximum Gasteiger partial charge on any atom is 0.136 e. The monoisotopic (exact) mass is 288 g/mol. The van der Waals surface area contributed by atoms with E-state index in [4.69, 9.17) is 0 Å². The molecule has 21 heavy (non-hydrogen) atoms. The van der Waals surface area contributed by atoms with Gasteiger partial charge in [-0.25, -0.2) is 14.4 Å². The summed E-state index contributed by atoms with van der Waals surface area (Å²) in [6, 6.07) is 6.82. The number of benzene rings is 1. The summed E-state index contributed by atoms with van der Waals surface area (Å²) >= 11 is 0. The van der Waals surface area contributed by atoms with Gasteiger partial charge in [-0.15, -0.1) is 0 Å². The number of nitrogens with one attached hydrogen (secondary N) is 2. The van der Waals surface area contributed by atoms with Crippen molar-refractivity contribution < 1.29 is 4.39 Å². The fraction of sp³-hybridized carbons (Fsp3) is 0.375. The largest absolute Gasteiger partial charge is 0.370 e. The third-order valence-corrected chi connectivity index (χ3v) is 3.13. The minimum Gasteiger partial charge on any atom is -0.370 e. The van der Waals surface area contributed by atoms with E-state index in [0.717, 1.165) is 36.7 Å². The van der Waals surface area contributed by atoms with Gasteiger partial charge < -0.3 is 10.6 Å². The molecule has 1 aromatic carbocycles. The zero-order chi connectivity index (χ0) is 15.2. The summed E-state index contributed by atoms with van der Waals surface area (Å²) in [6.45, 7) is 6.65. The highest BCUT2D eigenvalue weighted by Crippen LogP contribution is 2.22. The van der Waals surface area contributed by atoms with Gasteiger partial charge in [-0.3, -0.25) is 0 Å². The molecule has 0 atom stereocenters. The summed E-state index contributed by atoms with van der Waals surface area (Å²) in [7, 11) is 0. The van der Waals surface area contributed by atoms with Crippen LogP contribution in [0.15, 0.2) is 24.3 Å². The van der Waals surface area contributed by atoms with Crippen LogP contribution in [0.1, 0.15) is 31.7 Å². The summed E-state index contributed by atoms with van der Waals surface area (Å²) in [6.07, 6.45) is 1.80. The Labute approximate surface area is 124 Å². The van der Waals surface area contributed by atoms with Crippen molar-refractivity contribution in [2.45, 2.75) is 33.6 Å². The zero-order valence-electron chi connectivity index (χ0n) is 12.7. The average Bonchev–Trinajstić information content (AvgIpc) is 2.44. The normalized spacial score (nSPS) is 10.5. The first-order valence-corrected chi connectivity index (χ1v) is 7.28. The average molecular weight is 288 g/mol. The molecule has 0 bridgehead atoms. The van der Waals surface area contributed by atoms with E-state index in [1.807, 2.05) is 19.1 Å². The Hall–Kier alpha value is -2.17. The van der Waals surface area contributed by atoms with E-state index in [2.05, 4.69) is 27.5 Å². The van der Waals surface area contributed by atoms with Gasteiger partial charge >= 0.3 is 0 Å². The fourth-order valence-corrected chi connectivity index (χ4v) is 2.05. The van der Waals surface area contributed by atoms with Crippen molar-refractivity contribution in [3.8, 4) is 0 Å². The zero-order valence-corrected chi connectivity index (χ0v) is 12.7. The molecule has 0 saturated heterocycles. The van der Waals surface area contributed by atoms with Crippen LogP contribution < -0.4 is 10.6 Å². The number of nitrogens with zero attached hydrogens (tertiary/aromatic N) is 2. The fourth-order valence-electron chi connectivity index (χ4n) is 2.05. The van der Waals surface area contributed by atoms with Gasteiger partial charge in [0.2, 0.25) is 0 Å². The smallest absolute Gasteiger partial charge is 0.136 e. The number of hydrogen-bond donors (Lipinski definition) is 2. The lowest BCUT2D eigenvalue weighted by atomic mass is 10.2. The molecule has 112 valence electrons. The lowest BCUT2D eigenvalue weighted by Gasteiger charge is -2.12. The third kappa shape index (κ3) is 3.90. The van der Waals surface area contributed by atoms with Crippen molar-refractivity contribution in [2.24, 2.45) is 0 Å². The minimum absolute atomic E-state index is 0.227. The number of anilines is 3. The Morgan fingerprint density at radius 1 is 1.14 bits per heavy atom. The number of aromatic nitrogens is 2. The molecule has 0 fully saturated rings. The lowest BCUT2D eigenvalue weighted by Crippen LogP contribution is -2.06. The van der Waals surface area contributed by atoms with Crippen molar-refractivity contribution in [3.05, 3.63) is 41.5 Å². The third-order valence-electron chi connectivity index (χ3n) is 3.13. The Bertz CT molecular complexity index is 589. The summed E-state index contributed by atoms with van der Waals surface area (Å²) in [5, 5.41) is 6.37. The summed E-state index contributed by atoms with van der Waals surface area (Å²) in [5.41, 5.74) is 1.30. The van der Waals surface area contributed by atoms with E-state index >= 15 is 0 Å².